The van der Waals surface area contributed by atoms with E-state index < -0.39 is 0 Å². The van der Waals surface area contributed by atoms with Crippen LogP contribution in [0.2, 0.25) is 0 Å². The molecule has 3 nitrogen and oxygen atoms in total. The fourth-order valence-corrected chi connectivity index (χ4v) is 3.25. The zero-order chi connectivity index (χ0) is 14.7. The van der Waals surface area contributed by atoms with E-state index in [4.69, 9.17) is 0 Å². The molecule has 1 saturated carbocycles. The molecule has 1 aromatic carbocycles. The first-order chi connectivity index (χ1) is 10.3. The number of hydrogen-bond acceptors (Lipinski definition) is 2. The SMILES string of the molecule is CC/C(=C\c1ccccc1)[C@H]1C[C@H]1NC1CCNC(=O)C1. The molecule has 0 bridgehead atoms. The molecule has 112 valence electrons. The van der Waals surface area contributed by atoms with E-state index in [0.29, 0.717) is 24.4 Å². The van der Waals surface area contributed by atoms with E-state index in [0.717, 1.165) is 19.4 Å². The molecule has 1 aliphatic carbocycles. The molecule has 1 amide bonds. The molecular weight excluding hydrogens is 260 g/mol. The summed E-state index contributed by atoms with van der Waals surface area (Å²) in [5.41, 5.74) is 2.82. The van der Waals surface area contributed by atoms with Gasteiger partial charge in [0.05, 0.1) is 0 Å². The molecule has 3 rings (SSSR count). The third-order valence-electron chi connectivity index (χ3n) is 4.52. The summed E-state index contributed by atoms with van der Waals surface area (Å²) in [6, 6.07) is 11.5. The molecule has 21 heavy (non-hydrogen) atoms. The third kappa shape index (κ3) is 3.73. The Balaban J connectivity index is 1.58. The second-order valence-corrected chi connectivity index (χ2v) is 6.14. The summed E-state index contributed by atoms with van der Waals surface area (Å²) in [7, 11) is 0. The number of rotatable bonds is 5. The topological polar surface area (TPSA) is 41.1 Å². The van der Waals surface area contributed by atoms with Crippen LogP contribution in [0, 0.1) is 5.92 Å². The van der Waals surface area contributed by atoms with Crippen LogP contribution in [0.1, 0.15) is 38.2 Å². The monoisotopic (exact) mass is 284 g/mol. The first-order valence-corrected chi connectivity index (χ1v) is 8.04. The van der Waals surface area contributed by atoms with Gasteiger partial charge in [0, 0.05) is 25.0 Å². The van der Waals surface area contributed by atoms with Crippen LogP contribution in [0.15, 0.2) is 35.9 Å². The molecule has 2 aliphatic rings. The maximum absolute atomic E-state index is 11.4. The Kier molecular flexibility index (Phi) is 4.39. The Morgan fingerprint density at radius 3 is 2.90 bits per heavy atom. The molecule has 3 atom stereocenters. The first kappa shape index (κ1) is 14.3. The van der Waals surface area contributed by atoms with Crippen LogP contribution in [-0.2, 0) is 4.79 Å². The number of benzene rings is 1. The number of carbonyl (C=O) groups is 1. The number of carbonyl (C=O) groups excluding carboxylic acids is 1. The van der Waals surface area contributed by atoms with Gasteiger partial charge in [-0.1, -0.05) is 48.9 Å². The van der Waals surface area contributed by atoms with Gasteiger partial charge in [-0.25, -0.2) is 0 Å². The summed E-state index contributed by atoms with van der Waals surface area (Å²) in [6.07, 6.45) is 6.33. The molecule has 1 saturated heterocycles. The molecule has 2 fully saturated rings. The van der Waals surface area contributed by atoms with Crippen LogP contribution in [0.4, 0.5) is 0 Å². The van der Waals surface area contributed by atoms with Gasteiger partial charge in [0.2, 0.25) is 5.91 Å². The van der Waals surface area contributed by atoms with E-state index in [1.54, 1.807) is 0 Å². The molecule has 0 spiro atoms. The highest BCUT2D eigenvalue weighted by Crippen LogP contribution is 2.40. The van der Waals surface area contributed by atoms with Crippen LogP contribution in [0.5, 0.6) is 0 Å². The summed E-state index contributed by atoms with van der Waals surface area (Å²) < 4.78 is 0. The summed E-state index contributed by atoms with van der Waals surface area (Å²) in [6.45, 7) is 3.05. The van der Waals surface area contributed by atoms with E-state index in [-0.39, 0.29) is 5.91 Å². The molecule has 1 heterocycles. The summed E-state index contributed by atoms with van der Waals surface area (Å²) in [5, 5.41) is 6.57. The van der Waals surface area contributed by atoms with Crippen LogP contribution in [0.3, 0.4) is 0 Å². The Labute approximate surface area is 126 Å². The third-order valence-corrected chi connectivity index (χ3v) is 4.52. The van der Waals surface area contributed by atoms with Gasteiger partial charge in [-0.3, -0.25) is 4.79 Å². The highest BCUT2D eigenvalue weighted by Gasteiger charge is 2.40. The largest absolute Gasteiger partial charge is 0.356 e. The van der Waals surface area contributed by atoms with Crippen LogP contribution < -0.4 is 10.6 Å². The lowest BCUT2D eigenvalue weighted by atomic mass is 10.0. The Bertz CT molecular complexity index is 523. The maximum atomic E-state index is 11.4. The lowest BCUT2D eigenvalue weighted by Gasteiger charge is -2.23. The molecule has 1 aromatic rings. The second-order valence-electron chi connectivity index (χ2n) is 6.14. The molecule has 1 unspecified atom stereocenters. The first-order valence-electron chi connectivity index (χ1n) is 8.04. The molecule has 0 aromatic heterocycles. The van der Waals surface area contributed by atoms with Gasteiger partial charge >= 0.3 is 0 Å². The van der Waals surface area contributed by atoms with Crippen molar-refractivity contribution >= 4 is 12.0 Å². The highest BCUT2D eigenvalue weighted by molar-refractivity contribution is 5.77. The van der Waals surface area contributed by atoms with Crippen molar-refractivity contribution in [3.05, 3.63) is 41.5 Å². The molecule has 2 N–H and O–H groups in total. The smallest absolute Gasteiger partial charge is 0.221 e. The fraction of sp³-hybridized carbons (Fsp3) is 0.500. The summed E-state index contributed by atoms with van der Waals surface area (Å²) in [5.74, 6) is 0.840. The zero-order valence-electron chi connectivity index (χ0n) is 12.6. The van der Waals surface area contributed by atoms with Crippen LogP contribution >= 0.6 is 0 Å². The second kappa shape index (κ2) is 6.44. The van der Waals surface area contributed by atoms with Gasteiger partial charge in [-0.15, -0.1) is 0 Å². The normalized spacial score (nSPS) is 29.1. The molecular formula is C18H24N2O. The Morgan fingerprint density at radius 2 is 2.19 bits per heavy atom. The minimum atomic E-state index is 0.187. The van der Waals surface area contributed by atoms with E-state index in [1.807, 2.05) is 0 Å². The van der Waals surface area contributed by atoms with E-state index in [1.165, 1.54) is 17.6 Å². The fourth-order valence-electron chi connectivity index (χ4n) is 3.25. The summed E-state index contributed by atoms with van der Waals surface area (Å²) >= 11 is 0. The number of nitrogens with one attached hydrogen (secondary N) is 2. The molecule has 1 aliphatic heterocycles. The van der Waals surface area contributed by atoms with Gasteiger partial charge in [0.1, 0.15) is 0 Å². The highest BCUT2D eigenvalue weighted by atomic mass is 16.1. The number of hydrogen-bond donors (Lipinski definition) is 2. The van der Waals surface area contributed by atoms with Crippen molar-refractivity contribution in [1.29, 1.82) is 0 Å². The zero-order valence-corrected chi connectivity index (χ0v) is 12.6. The van der Waals surface area contributed by atoms with Gasteiger partial charge in [0.15, 0.2) is 0 Å². The predicted molar refractivity (Wildman–Crippen MR) is 85.8 cm³/mol. The number of piperidine rings is 1. The van der Waals surface area contributed by atoms with E-state index >= 15 is 0 Å². The van der Waals surface area contributed by atoms with Crippen LogP contribution in [0.25, 0.3) is 6.08 Å². The van der Waals surface area contributed by atoms with Crippen molar-refractivity contribution in [3.8, 4) is 0 Å². The van der Waals surface area contributed by atoms with Crippen LogP contribution in [-0.4, -0.2) is 24.5 Å². The van der Waals surface area contributed by atoms with Crippen molar-refractivity contribution in [2.45, 2.75) is 44.7 Å². The Morgan fingerprint density at radius 1 is 1.38 bits per heavy atom. The molecule has 0 radical (unpaired) electrons. The lowest BCUT2D eigenvalue weighted by Crippen LogP contribution is -2.44. The van der Waals surface area contributed by atoms with E-state index in [9.17, 15) is 4.79 Å². The van der Waals surface area contributed by atoms with E-state index in [2.05, 4.69) is 54.0 Å². The van der Waals surface area contributed by atoms with Crippen molar-refractivity contribution in [2.75, 3.05) is 6.54 Å². The molecule has 3 heteroatoms. The maximum Gasteiger partial charge on any atom is 0.221 e. The minimum Gasteiger partial charge on any atom is -0.356 e. The summed E-state index contributed by atoms with van der Waals surface area (Å²) in [4.78, 5) is 11.4. The average molecular weight is 284 g/mol. The predicted octanol–water partition coefficient (Wildman–Crippen LogP) is 2.74. The quantitative estimate of drug-likeness (QED) is 0.873. The van der Waals surface area contributed by atoms with Gasteiger partial charge in [-0.2, -0.15) is 0 Å². The lowest BCUT2D eigenvalue weighted by molar-refractivity contribution is -0.122. The van der Waals surface area contributed by atoms with Crippen molar-refractivity contribution in [3.63, 3.8) is 0 Å². The Hall–Kier alpha value is -1.61. The average Bonchev–Trinajstić information content (AvgIpc) is 3.25. The number of amides is 1. The van der Waals surface area contributed by atoms with Gasteiger partial charge < -0.3 is 10.6 Å². The van der Waals surface area contributed by atoms with Crippen molar-refractivity contribution < 1.29 is 4.79 Å². The van der Waals surface area contributed by atoms with Crippen molar-refractivity contribution in [2.24, 2.45) is 5.92 Å². The van der Waals surface area contributed by atoms with Crippen molar-refractivity contribution in [1.82, 2.24) is 10.6 Å². The van der Waals surface area contributed by atoms with Gasteiger partial charge in [0.25, 0.3) is 0 Å². The minimum absolute atomic E-state index is 0.187. The van der Waals surface area contributed by atoms with Gasteiger partial charge in [-0.05, 0) is 30.7 Å². The standard InChI is InChI=1S/C18H24N2O/c1-2-14(10-13-6-4-3-5-7-13)16-12-17(16)20-15-8-9-19-18(21)11-15/h3-7,10,15-17,20H,2,8-9,11-12H2,1H3,(H,19,21)/b14-10+/t15?,16-,17-/m1/s1.